The van der Waals surface area contributed by atoms with Gasteiger partial charge in [-0.3, -0.25) is 9.59 Å². The van der Waals surface area contributed by atoms with Crippen molar-refractivity contribution in [1.82, 2.24) is 10.6 Å². The Morgan fingerprint density at radius 2 is 1.59 bits per heavy atom. The van der Waals surface area contributed by atoms with E-state index in [-0.39, 0.29) is 22.7 Å². The van der Waals surface area contributed by atoms with E-state index in [1.165, 1.54) is 26.2 Å². The van der Waals surface area contributed by atoms with E-state index in [1.54, 1.807) is 0 Å². The third-order valence-electron chi connectivity index (χ3n) is 6.65. The summed E-state index contributed by atoms with van der Waals surface area (Å²) in [6.07, 6.45) is 5.22. The molecule has 0 saturated carbocycles. The zero-order chi connectivity index (χ0) is 22.7. The number of nitrogens with one attached hydrogen (secondary N) is 2. The second-order valence-corrected chi connectivity index (χ2v) is 10.5. The minimum atomic E-state index is -0.532. The molecule has 1 amide bonds. The Labute approximate surface area is 180 Å². The number of unbranched alkanes of at least 4 members (excludes halogenated alkanes) is 1. The molecule has 0 aliphatic rings. The van der Waals surface area contributed by atoms with Crippen molar-refractivity contribution in [1.29, 1.82) is 0 Å². The summed E-state index contributed by atoms with van der Waals surface area (Å²) in [5, 5.41) is 6.00. The minimum absolute atomic E-state index is 0.0193. The highest BCUT2D eigenvalue weighted by Crippen LogP contribution is 2.50. The van der Waals surface area contributed by atoms with Gasteiger partial charge in [-0.05, 0) is 43.1 Å². The lowest BCUT2D eigenvalue weighted by atomic mass is 9.58. The van der Waals surface area contributed by atoms with Crippen molar-refractivity contribution in [2.45, 2.75) is 94.4 Å². The van der Waals surface area contributed by atoms with Gasteiger partial charge in [-0.25, -0.2) is 0 Å². The van der Waals surface area contributed by atoms with Crippen LogP contribution in [0.1, 0.15) is 94.4 Å². The van der Waals surface area contributed by atoms with Crippen LogP contribution in [-0.4, -0.2) is 38.1 Å². The first-order valence-corrected chi connectivity index (χ1v) is 11.4. The zero-order valence-electron chi connectivity index (χ0n) is 20.7. The molecule has 0 aromatic rings. The van der Waals surface area contributed by atoms with E-state index in [2.05, 4.69) is 66.0 Å². The summed E-state index contributed by atoms with van der Waals surface area (Å²) in [6, 6.07) is 0. The fourth-order valence-electron chi connectivity index (χ4n) is 3.60. The number of hydrogen-bond donors (Lipinski definition) is 2. The van der Waals surface area contributed by atoms with E-state index in [0.29, 0.717) is 19.1 Å². The average molecular weight is 413 g/mol. The molecule has 2 unspecified atom stereocenters. The minimum Gasteiger partial charge on any atom is -0.465 e. The SMILES string of the molecule is CCCCC(C)C(C)(C)CC(C)(C(=O)OCCCNCCNC(C)=O)C(C)(C)C. The van der Waals surface area contributed by atoms with Gasteiger partial charge in [0, 0.05) is 20.0 Å². The Morgan fingerprint density at radius 3 is 2.10 bits per heavy atom. The van der Waals surface area contributed by atoms with Gasteiger partial charge < -0.3 is 15.4 Å². The maximum Gasteiger partial charge on any atom is 0.312 e. The van der Waals surface area contributed by atoms with Crippen LogP contribution in [0.25, 0.3) is 0 Å². The maximum atomic E-state index is 13.1. The summed E-state index contributed by atoms with van der Waals surface area (Å²) < 4.78 is 5.74. The van der Waals surface area contributed by atoms with Crippen LogP contribution in [0.4, 0.5) is 0 Å². The third-order valence-corrected chi connectivity index (χ3v) is 6.65. The largest absolute Gasteiger partial charge is 0.465 e. The second-order valence-electron chi connectivity index (χ2n) is 10.5. The predicted octanol–water partition coefficient (Wildman–Crippen LogP) is 4.94. The van der Waals surface area contributed by atoms with Gasteiger partial charge >= 0.3 is 5.97 Å². The molecule has 172 valence electrons. The highest BCUT2D eigenvalue weighted by molar-refractivity contribution is 5.77. The van der Waals surface area contributed by atoms with Crippen LogP contribution in [0, 0.1) is 22.2 Å². The van der Waals surface area contributed by atoms with Gasteiger partial charge in [0.05, 0.1) is 12.0 Å². The molecule has 0 aliphatic carbocycles. The van der Waals surface area contributed by atoms with Crippen molar-refractivity contribution in [2.75, 3.05) is 26.2 Å². The van der Waals surface area contributed by atoms with Crippen molar-refractivity contribution in [3.8, 4) is 0 Å². The lowest BCUT2D eigenvalue weighted by Crippen LogP contribution is -2.46. The number of carbonyl (C=O) groups excluding carboxylic acids is 2. The number of esters is 1. The summed E-state index contributed by atoms with van der Waals surface area (Å²) >= 11 is 0. The molecule has 0 fully saturated rings. The zero-order valence-corrected chi connectivity index (χ0v) is 20.7. The molecule has 0 heterocycles. The molecule has 0 rings (SSSR count). The molecule has 0 spiro atoms. The number of rotatable bonds is 14. The topological polar surface area (TPSA) is 67.4 Å². The Hall–Kier alpha value is -1.10. The van der Waals surface area contributed by atoms with Crippen LogP contribution >= 0.6 is 0 Å². The van der Waals surface area contributed by atoms with Crippen molar-refractivity contribution in [3.63, 3.8) is 0 Å². The molecule has 5 nitrogen and oxygen atoms in total. The number of carbonyl (C=O) groups is 2. The first-order chi connectivity index (χ1) is 13.3. The van der Waals surface area contributed by atoms with Crippen LogP contribution in [0.3, 0.4) is 0 Å². The average Bonchev–Trinajstić information content (AvgIpc) is 2.59. The van der Waals surface area contributed by atoms with Gasteiger partial charge in [-0.15, -0.1) is 0 Å². The fourth-order valence-corrected chi connectivity index (χ4v) is 3.60. The van der Waals surface area contributed by atoms with Gasteiger partial charge in [0.1, 0.15) is 0 Å². The van der Waals surface area contributed by atoms with Crippen molar-refractivity contribution in [2.24, 2.45) is 22.2 Å². The number of amides is 1. The van der Waals surface area contributed by atoms with Gasteiger partial charge in [0.25, 0.3) is 0 Å². The fraction of sp³-hybridized carbons (Fsp3) is 0.917. The lowest BCUT2D eigenvalue weighted by molar-refractivity contribution is -0.165. The van der Waals surface area contributed by atoms with Crippen molar-refractivity contribution < 1.29 is 14.3 Å². The summed E-state index contributed by atoms with van der Waals surface area (Å²) in [5.74, 6) is 0.456. The Morgan fingerprint density at radius 1 is 0.966 bits per heavy atom. The van der Waals surface area contributed by atoms with Crippen LogP contribution in [0.2, 0.25) is 0 Å². The summed E-state index contributed by atoms with van der Waals surface area (Å²) in [6.45, 7) is 21.7. The number of ether oxygens (including phenoxy) is 1. The third kappa shape index (κ3) is 9.97. The molecule has 0 radical (unpaired) electrons. The summed E-state index contributed by atoms with van der Waals surface area (Å²) in [4.78, 5) is 24.0. The molecule has 2 N–H and O–H groups in total. The Bertz CT molecular complexity index is 497. The van der Waals surface area contributed by atoms with Crippen LogP contribution < -0.4 is 10.6 Å². The van der Waals surface area contributed by atoms with Gasteiger partial charge in [-0.2, -0.15) is 0 Å². The van der Waals surface area contributed by atoms with Crippen LogP contribution in [0.5, 0.6) is 0 Å². The van der Waals surface area contributed by atoms with E-state index >= 15 is 0 Å². The standard InChI is InChI=1S/C24H48N2O3/c1-10-11-13-19(2)23(7,8)18-24(9,22(4,5)6)21(28)29-17-12-14-25-15-16-26-20(3)27/h19,25H,10-18H2,1-9H3,(H,26,27). The predicted molar refractivity (Wildman–Crippen MR) is 122 cm³/mol. The highest BCUT2D eigenvalue weighted by Gasteiger charge is 2.49. The molecule has 0 saturated heterocycles. The number of hydrogen-bond acceptors (Lipinski definition) is 4. The Kier molecular flexibility index (Phi) is 12.1. The molecule has 0 bridgehead atoms. The maximum absolute atomic E-state index is 13.1. The summed E-state index contributed by atoms with van der Waals surface area (Å²) in [7, 11) is 0. The second kappa shape index (κ2) is 12.6. The Balaban J connectivity index is 4.72. The summed E-state index contributed by atoms with van der Waals surface area (Å²) in [5.41, 5.74) is -0.639. The smallest absolute Gasteiger partial charge is 0.312 e. The van der Waals surface area contributed by atoms with E-state index in [1.807, 2.05) is 0 Å². The molecule has 0 aromatic carbocycles. The molecule has 29 heavy (non-hydrogen) atoms. The van der Waals surface area contributed by atoms with E-state index in [4.69, 9.17) is 4.74 Å². The van der Waals surface area contributed by atoms with E-state index in [0.717, 1.165) is 25.9 Å². The normalized spacial score (nSPS) is 15.5. The van der Waals surface area contributed by atoms with Gasteiger partial charge in [0.15, 0.2) is 0 Å². The monoisotopic (exact) mass is 412 g/mol. The quantitative estimate of drug-likeness (QED) is 0.313. The molecule has 0 aromatic heterocycles. The van der Waals surface area contributed by atoms with E-state index < -0.39 is 5.41 Å². The lowest BCUT2D eigenvalue weighted by Gasteiger charge is -2.46. The molecule has 0 aliphatic heterocycles. The molecule has 2 atom stereocenters. The van der Waals surface area contributed by atoms with Crippen LogP contribution in [0.15, 0.2) is 0 Å². The van der Waals surface area contributed by atoms with E-state index in [9.17, 15) is 9.59 Å². The first-order valence-electron chi connectivity index (χ1n) is 11.4. The highest BCUT2D eigenvalue weighted by atomic mass is 16.5. The molecular formula is C24H48N2O3. The molecule has 5 heteroatoms. The molecular weight excluding hydrogens is 364 g/mol. The van der Waals surface area contributed by atoms with Crippen LogP contribution in [-0.2, 0) is 14.3 Å². The van der Waals surface area contributed by atoms with Crippen molar-refractivity contribution in [3.05, 3.63) is 0 Å². The first kappa shape index (κ1) is 27.9. The van der Waals surface area contributed by atoms with Gasteiger partial charge in [-0.1, -0.05) is 67.7 Å². The van der Waals surface area contributed by atoms with Gasteiger partial charge in [0.2, 0.25) is 5.91 Å². The van der Waals surface area contributed by atoms with Crippen molar-refractivity contribution >= 4 is 11.9 Å².